The van der Waals surface area contributed by atoms with Gasteiger partial charge in [0.15, 0.2) is 0 Å². The van der Waals surface area contributed by atoms with Crippen LogP contribution in [0, 0.1) is 5.92 Å². The highest BCUT2D eigenvalue weighted by molar-refractivity contribution is 6.08. The lowest BCUT2D eigenvalue weighted by molar-refractivity contribution is -0.135. The van der Waals surface area contributed by atoms with Gasteiger partial charge in [0.2, 0.25) is 5.91 Å². The first-order valence-corrected chi connectivity index (χ1v) is 9.98. The van der Waals surface area contributed by atoms with Gasteiger partial charge in [-0.3, -0.25) is 9.59 Å². The van der Waals surface area contributed by atoms with E-state index in [4.69, 9.17) is 10.5 Å². The molecule has 0 saturated carbocycles. The number of carbonyl (C=O) groups excluding carboxylic acids is 2. The number of hydrogen-bond acceptors (Lipinski definition) is 4. The van der Waals surface area contributed by atoms with Gasteiger partial charge in [0.05, 0.1) is 13.0 Å². The molecular weight excluding hydrogens is 354 g/mol. The molecule has 0 unspecified atom stereocenters. The minimum atomic E-state index is -0.132. The largest absolute Gasteiger partial charge is 0.496 e. The second-order valence-corrected chi connectivity index (χ2v) is 7.78. The summed E-state index contributed by atoms with van der Waals surface area (Å²) in [5, 5.41) is 1.80. The number of benzene rings is 2. The smallest absolute Gasteiger partial charge is 0.254 e. The molecule has 28 heavy (non-hydrogen) atoms. The third-order valence-corrected chi connectivity index (χ3v) is 5.93. The van der Waals surface area contributed by atoms with Crippen molar-refractivity contribution in [1.82, 2.24) is 9.80 Å². The van der Waals surface area contributed by atoms with Crippen molar-refractivity contribution in [3.8, 4) is 5.75 Å². The molecule has 6 nitrogen and oxygen atoms in total. The molecule has 2 N–H and O–H groups in total. The molecular formula is C22H27N3O3. The Morgan fingerprint density at radius 3 is 2.50 bits per heavy atom. The first kappa shape index (κ1) is 18.7. The third-order valence-electron chi connectivity index (χ3n) is 5.93. The van der Waals surface area contributed by atoms with E-state index >= 15 is 0 Å². The zero-order valence-corrected chi connectivity index (χ0v) is 16.3. The fraction of sp³-hybridized carbons (Fsp3) is 0.455. The molecule has 2 aliphatic rings. The van der Waals surface area contributed by atoms with E-state index in [1.807, 2.05) is 46.2 Å². The van der Waals surface area contributed by atoms with Gasteiger partial charge in [0, 0.05) is 43.2 Å². The number of rotatable bonds is 3. The van der Waals surface area contributed by atoms with Crippen LogP contribution in [-0.4, -0.2) is 60.9 Å². The van der Waals surface area contributed by atoms with Gasteiger partial charge in [-0.1, -0.05) is 24.3 Å². The van der Waals surface area contributed by atoms with Gasteiger partial charge >= 0.3 is 0 Å². The molecule has 0 spiro atoms. The average molecular weight is 381 g/mol. The molecule has 0 radical (unpaired) electrons. The predicted octanol–water partition coefficient (Wildman–Crippen LogP) is 2.26. The molecule has 0 aromatic heterocycles. The van der Waals surface area contributed by atoms with Crippen LogP contribution in [-0.2, 0) is 4.79 Å². The van der Waals surface area contributed by atoms with Crippen LogP contribution in [0.15, 0.2) is 36.4 Å². The lowest BCUT2D eigenvalue weighted by atomic mass is 9.95. The Hall–Kier alpha value is -2.60. The fourth-order valence-electron chi connectivity index (χ4n) is 4.42. The monoisotopic (exact) mass is 381 g/mol. The van der Waals surface area contributed by atoms with Crippen molar-refractivity contribution in [3.63, 3.8) is 0 Å². The summed E-state index contributed by atoms with van der Waals surface area (Å²) >= 11 is 0. The lowest BCUT2D eigenvalue weighted by Crippen LogP contribution is -2.46. The first-order chi connectivity index (χ1) is 13.6. The topological polar surface area (TPSA) is 75.9 Å². The Morgan fingerprint density at radius 1 is 1.00 bits per heavy atom. The number of nitrogens with zero attached hydrogens (tertiary/aromatic N) is 2. The lowest BCUT2D eigenvalue weighted by Gasteiger charge is -2.34. The normalized spacial score (nSPS) is 22.5. The van der Waals surface area contributed by atoms with Crippen LogP contribution in [0.3, 0.4) is 0 Å². The Kier molecular flexibility index (Phi) is 5.22. The van der Waals surface area contributed by atoms with E-state index in [2.05, 4.69) is 0 Å². The summed E-state index contributed by atoms with van der Waals surface area (Å²) in [5.41, 5.74) is 6.61. The molecule has 2 amide bonds. The second-order valence-electron chi connectivity index (χ2n) is 7.78. The molecule has 2 atom stereocenters. The van der Waals surface area contributed by atoms with Crippen LogP contribution in [0.2, 0.25) is 0 Å². The summed E-state index contributed by atoms with van der Waals surface area (Å²) in [4.78, 5) is 29.9. The van der Waals surface area contributed by atoms with Crippen molar-refractivity contribution in [3.05, 3.63) is 42.0 Å². The Labute approximate surface area is 165 Å². The number of fused-ring (bicyclic) bond motifs is 1. The molecule has 2 saturated heterocycles. The van der Waals surface area contributed by atoms with Crippen molar-refractivity contribution in [1.29, 1.82) is 0 Å². The molecule has 2 heterocycles. The van der Waals surface area contributed by atoms with Gasteiger partial charge in [-0.2, -0.15) is 0 Å². The maximum atomic E-state index is 13.3. The van der Waals surface area contributed by atoms with Crippen molar-refractivity contribution < 1.29 is 14.3 Å². The number of likely N-dealkylation sites (tertiary alicyclic amines) is 2. The molecule has 0 bridgehead atoms. The van der Waals surface area contributed by atoms with Crippen molar-refractivity contribution in [2.45, 2.75) is 25.3 Å². The summed E-state index contributed by atoms with van der Waals surface area (Å²) in [6.45, 7) is 2.52. The number of piperidine rings is 1. The van der Waals surface area contributed by atoms with Crippen molar-refractivity contribution >= 4 is 22.6 Å². The Balaban J connectivity index is 1.55. The average Bonchev–Trinajstić information content (AvgIpc) is 3.18. The Morgan fingerprint density at radius 2 is 1.79 bits per heavy atom. The molecule has 2 fully saturated rings. The van der Waals surface area contributed by atoms with E-state index in [1.54, 1.807) is 7.11 Å². The number of methoxy groups -OCH3 is 1. The summed E-state index contributed by atoms with van der Waals surface area (Å²) in [6, 6.07) is 11.5. The van der Waals surface area contributed by atoms with E-state index in [0.717, 1.165) is 42.3 Å². The van der Waals surface area contributed by atoms with E-state index in [9.17, 15) is 9.59 Å². The van der Waals surface area contributed by atoms with Crippen LogP contribution in [0.1, 0.15) is 29.6 Å². The SMILES string of the molecule is COc1ccc(C(=O)N2CCC[C@@H](C(=O)N3CC[C@H](N)C3)C2)c2ccccc12. The van der Waals surface area contributed by atoms with E-state index < -0.39 is 0 Å². The molecule has 6 heteroatoms. The molecule has 148 valence electrons. The number of amides is 2. The number of ether oxygens (including phenoxy) is 1. The molecule has 2 aromatic carbocycles. The van der Waals surface area contributed by atoms with Crippen molar-refractivity contribution in [2.75, 3.05) is 33.3 Å². The highest BCUT2D eigenvalue weighted by Crippen LogP contribution is 2.30. The van der Waals surface area contributed by atoms with Crippen LogP contribution >= 0.6 is 0 Å². The highest BCUT2D eigenvalue weighted by atomic mass is 16.5. The predicted molar refractivity (Wildman–Crippen MR) is 108 cm³/mol. The standard InChI is InChI=1S/C22H27N3O3/c1-28-20-9-8-19(17-6-2-3-7-18(17)20)22(27)24-11-4-5-15(13-24)21(26)25-12-10-16(23)14-25/h2-3,6-9,15-16H,4-5,10-14,23H2,1H3/t15-,16+/m1/s1. The van der Waals surface area contributed by atoms with E-state index in [-0.39, 0.29) is 23.8 Å². The van der Waals surface area contributed by atoms with Gasteiger partial charge in [-0.25, -0.2) is 0 Å². The van der Waals surface area contributed by atoms with Crippen LogP contribution in [0.5, 0.6) is 5.75 Å². The third kappa shape index (κ3) is 3.44. The minimum absolute atomic E-state index is 0.0190. The summed E-state index contributed by atoms with van der Waals surface area (Å²) in [7, 11) is 1.63. The fourth-order valence-corrected chi connectivity index (χ4v) is 4.42. The maximum absolute atomic E-state index is 13.3. The van der Waals surface area contributed by atoms with Crippen LogP contribution < -0.4 is 10.5 Å². The molecule has 2 aromatic rings. The van der Waals surface area contributed by atoms with Gasteiger partial charge in [-0.15, -0.1) is 0 Å². The molecule has 0 aliphatic carbocycles. The van der Waals surface area contributed by atoms with Gasteiger partial charge < -0.3 is 20.3 Å². The summed E-state index contributed by atoms with van der Waals surface area (Å²) in [5.74, 6) is 0.747. The van der Waals surface area contributed by atoms with Gasteiger partial charge in [-0.05, 0) is 36.8 Å². The van der Waals surface area contributed by atoms with Crippen LogP contribution in [0.4, 0.5) is 0 Å². The van der Waals surface area contributed by atoms with Gasteiger partial charge in [0.1, 0.15) is 5.75 Å². The Bertz CT molecular complexity index is 898. The maximum Gasteiger partial charge on any atom is 0.254 e. The van der Waals surface area contributed by atoms with E-state index in [1.165, 1.54) is 0 Å². The highest BCUT2D eigenvalue weighted by Gasteiger charge is 2.34. The number of hydrogen-bond donors (Lipinski definition) is 1. The number of carbonyl (C=O) groups is 2. The summed E-state index contributed by atoms with van der Waals surface area (Å²) < 4.78 is 5.44. The second kappa shape index (κ2) is 7.80. The minimum Gasteiger partial charge on any atom is -0.496 e. The van der Waals surface area contributed by atoms with Gasteiger partial charge in [0.25, 0.3) is 5.91 Å². The zero-order valence-electron chi connectivity index (χ0n) is 16.3. The molecule has 4 rings (SSSR count). The van der Waals surface area contributed by atoms with Crippen LogP contribution in [0.25, 0.3) is 10.8 Å². The summed E-state index contributed by atoms with van der Waals surface area (Å²) in [6.07, 6.45) is 2.53. The first-order valence-electron chi connectivity index (χ1n) is 9.98. The van der Waals surface area contributed by atoms with Crippen molar-refractivity contribution in [2.24, 2.45) is 11.7 Å². The zero-order chi connectivity index (χ0) is 19.7. The quantitative estimate of drug-likeness (QED) is 0.885. The molecule has 2 aliphatic heterocycles. The number of nitrogens with two attached hydrogens (primary N) is 1. The van der Waals surface area contributed by atoms with E-state index in [0.29, 0.717) is 25.2 Å².